The van der Waals surface area contributed by atoms with Gasteiger partial charge in [0.25, 0.3) is 0 Å². The summed E-state index contributed by atoms with van der Waals surface area (Å²) in [6.45, 7) is 1.93. The molecule has 4 saturated carbocycles. The molecule has 0 spiro atoms. The zero-order valence-corrected chi connectivity index (χ0v) is 15.5. The van der Waals surface area contributed by atoms with Crippen molar-refractivity contribution in [1.29, 1.82) is 0 Å². The first-order chi connectivity index (χ1) is 12.4. The van der Waals surface area contributed by atoms with Gasteiger partial charge in [-0.15, -0.1) is 0 Å². The summed E-state index contributed by atoms with van der Waals surface area (Å²) in [6, 6.07) is 5.42. The summed E-state index contributed by atoms with van der Waals surface area (Å²) in [5.74, 6) is 2.32. The molecule has 0 unspecified atom stereocenters. The van der Waals surface area contributed by atoms with Crippen molar-refractivity contribution in [3.8, 4) is 0 Å². The van der Waals surface area contributed by atoms with Crippen LogP contribution in [0.1, 0.15) is 50.5 Å². The van der Waals surface area contributed by atoms with Crippen LogP contribution in [0.4, 0.5) is 11.4 Å². The second-order valence-corrected chi connectivity index (χ2v) is 8.99. The number of hydrogen-bond donors (Lipinski definition) is 3. The van der Waals surface area contributed by atoms with Crippen LogP contribution in [0.3, 0.4) is 0 Å². The number of benzene rings is 1. The van der Waals surface area contributed by atoms with E-state index in [9.17, 15) is 9.59 Å². The first-order valence-corrected chi connectivity index (χ1v) is 9.83. The third-order valence-corrected chi connectivity index (χ3v) is 6.68. The molecule has 5 rings (SSSR count). The maximum Gasteiger partial charge on any atom is 0.243 e. The Morgan fingerprint density at radius 1 is 1.08 bits per heavy atom. The largest absolute Gasteiger partial charge is 0.399 e. The number of carbonyl (C=O) groups excluding carboxylic acids is 2. The van der Waals surface area contributed by atoms with E-state index >= 15 is 0 Å². The third kappa shape index (κ3) is 3.57. The van der Waals surface area contributed by atoms with E-state index in [1.807, 2.05) is 13.0 Å². The lowest BCUT2D eigenvalue weighted by molar-refractivity contribution is -0.131. The minimum absolute atomic E-state index is 0.0133. The SMILES string of the molecule is Cc1ccc(N)cc1NC(=O)CNC(=O)CC12CC3CC(CC(C3)C1)C2. The van der Waals surface area contributed by atoms with E-state index in [4.69, 9.17) is 5.73 Å². The van der Waals surface area contributed by atoms with Crippen molar-refractivity contribution in [2.24, 2.45) is 23.2 Å². The summed E-state index contributed by atoms with van der Waals surface area (Å²) in [5.41, 5.74) is 8.24. The Bertz CT molecular complexity index is 693. The molecule has 4 N–H and O–H groups in total. The highest BCUT2D eigenvalue weighted by Gasteiger charge is 2.51. The number of nitrogens with two attached hydrogens (primary N) is 1. The lowest BCUT2D eigenvalue weighted by atomic mass is 9.49. The van der Waals surface area contributed by atoms with Gasteiger partial charge >= 0.3 is 0 Å². The van der Waals surface area contributed by atoms with Crippen molar-refractivity contribution in [2.75, 3.05) is 17.6 Å². The van der Waals surface area contributed by atoms with Gasteiger partial charge in [-0.1, -0.05) is 6.07 Å². The molecule has 0 aliphatic heterocycles. The van der Waals surface area contributed by atoms with Crippen LogP contribution in [0, 0.1) is 30.1 Å². The van der Waals surface area contributed by atoms with Crippen molar-refractivity contribution >= 4 is 23.2 Å². The number of nitrogens with one attached hydrogen (secondary N) is 2. The van der Waals surface area contributed by atoms with Gasteiger partial charge in [0.1, 0.15) is 0 Å². The molecule has 4 bridgehead atoms. The highest BCUT2D eigenvalue weighted by Crippen LogP contribution is 2.61. The van der Waals surface area contributed by atoms with Crippen LogP contribution in [0.15, 0.2) is 18.2 Å². The fourth-order valence-electron chi connectivity index (χ4n) is 6.06. The van der Waals surface area contributed by atoms with Crippen LogP contribution in [-0.4, -0.2) is 18.4 Å². The minimum atomic E-state index is -0.211. The molecule has 0 atom stereocenters. The number of carbonyl (C=O) groups is 2. The normalized spacial score (nSPS) is 31.7. The van der Waals surface area contributed by atoms with Gasteiger partial charge in [-0.05, 0) is 86.3 Å². The molecule has 26 heavy (non-hydrogen) atoms. The van der Waals surface area contributed by atoms with Crippen LogP contribution in [0.2, 0.25) is 0 Å². The van der Waals surface area contributed by atoms with Gasteiger partial charge in [0.05, 0.1) is 6.54 Å². The zero-order chi connectivity index (χ0) is 18.3. The second-order valence-electron chi connectivity index (χ2n) is 8.99. The van der Waals surface area contributed by atoms with Gasteiger partial charge in [-0.25, -0.2) is 0 Å². The lowest BCUT2D eigenvalue weighted by Crippen LogP contribution is -2.48. The fourth-order valence-corrected chi connectivity index (χ4v) is 6.06. The number of hydrogen-bond acceptors (Lipinski definition) is 3. The van der Waals surface area contributed by atoms with Crippen LogP contribution in [-0.2, 0) is 9.59 Å². The molecule has 1 aromatic rings. The highest BCUT2D eigenvalue weighted by molar-refractivity contribution is 5.95. The smallest absolute Gasteiger partial charge is 0.243 e. The average molecular weight is 355 g/mol. The Hall–Kier alpha value is -2.04. The maximum atomic E-state index is 12.5. The van der Waals surface area contributed by atoms with Crippen molar-refractivity contribution in [3.05, 3.63) is 23.8 Å². The van der Waals surface area contributed by atoms with E-state index in [0.29, 0.717) is 17.8 Å². The monoisotopic (exact) mass is 355 g/mol. The van der Waals surface area contributed by atoms with E-state index in [0.717, 1.165) is 23.3 Å². The summed E-state index contributed by atoms with van der Waals surface area (Å²) in [4.78, 5) is 24.7. The summed E-state index contributed by atoms with van der Waals surface area (Å²) < 4.78 is 0. The standard InChI is InChI=1S/C21H29N3O2/c1-13-2-3-17(22)7-18(13)24-20(26)12-23-19(25)11-21-8-14-4-15(9-21)6-16(5-14)10-21/h2-3,7,14-16H,4-6,8-12,22H2,1H3,(H,23,25)(H,24,26). The van der Waals surface area contributed by atoms with Crippen LogP contribution in [0.25, 0.3) is 0 Å². The Kier molecular flexibility index (Phi) is 4.41. The first kappa shape index (κ1) is 17.4. The molecule has 0 heterocycles. The van der Waals surface area contributed by atoms with Crippen molar-refractivity contribution in [2.45, 2.75) is 51.9 Å². The Morgan fingerprint density at radius 3 is 2.31 bits per heavy atom. The molecular formula is C21H29N3O2. The molecule has 2 amide bonds. The van der Waals surface area contributed by atoms with Crippen molar-refractivity contribution < 1.29 is 9.59 Å². The van der Waals surface area contributed by atoms with Gasteiger partial charge in [0.15, 0.2) is 0 Å². The average Bonchev–Trinajstić information content (AvgIpc) is 2.55. The second kappa shape index (κ2) is 6.60. The Morgan fingerprint density at radius 2 is 1.69 bits per heavy atom. The van der Waals surface area contributed by atoms with E-state index < -0.39 is 0 Å². The predicted molar refractivity (Wildman–Crippen MR) is 102 cm³/mol. The van der Waals surface area contributed by atoms with Crippen LogP contribution < -0.4 is 16.4 Å². The zero-order valence-electron chi connectivity index (χ0n) is 15.5. The third-order valence-electron chi connectivity index (χ3n) is 6.68. The molecule has 0 saturated heterocycles. The first-order valence-electron chi connectivity index (χ1n) is 9.83. The topological polar surface area (TPSA) is 84.2 Å². The van der Waals surface area contributed by atoms with E-state index in [1.165, 1.54) is 38.5 Å². The summed E-state index contributed by atoms with van der Waals surface area (Å²) >= 11 is 0. The van der Waals surface area contributed by atoms with Gasteiger partial charge in [-0.2, -0.15) is 0 Å². The molecular weight excluding hydrogens is 326 g/mol. The molecule has 4 aliphatic rings. The Labute approximate surface area is 155 Å². The van der Waals surface area contributed by atoms with E-state index in [1.54, 1.807) is 12.1 Å². The molecule has 4 fully saturated rings. The van der Waals surface area contributed by atoms with E-state index in [2.05, 4.69) is 10.6 Å². The molecule has 1 aromatic carbocycles. The van der Waals surface area contributed by atoms with E-state index in [-0.39, 0.29) is 23.8 Å². The number of aryl methyl sites for hydroxylation is 1. The Balaban J connectivity index is 1.29. The number of nitrogen functional groups attached to an aromatic ring is 1. The molecule has 5 heteroatoms. The van der Waals surface area contributed by atoms with Crippen LogP contribution in [0.5, 0.6) is 0 Å². The summed E-state index contributed by atoms with van der Waals surface area (Å²) in [6.07, 6.45) is 8.35. The molecule has 140 valence electrons. The predicted octanol–water partition coefficient (Wildman–Crippen LogP) is 3.24. The van der Waals surface area contributed by atoms with Crippen molar-refractivity contribution in [3.63, 3.8) is 0 Å². The van der Waals surface area contributed by atoms with Gasteiger partial charge < -0.3 is 16.4 Å². The minimum Gasteiger partial charge on any atom is -0.399 e. The molecule has 0 aromatic heterocycles. The maximum absolute atomic E-state index is 12.5. The highest BCUT2D eigenvalue weighted by atomic mass is 16.2. The van der Waals surface area contributed by atoms with Gasteiger partial charge in [0, 0.05) is 17.8 Å². The summed E-state index contributed by atoms with van der Waals surface area (Å²) in [5, 5.41) is 5.66. The fraction of sp³-hybridized carbons (Fsp3) is 0.619. The lowest BCUT2D eigenvalue weighted by Gasteiger charge is -2.56. The van der Waals surface area contributed by atoms with Crippen LogP contribution >= 0.6 is 0 Å². The van der Waals surface area contributed by atoms with Crippen molar-refractivity contribution in [1.82, 2.24) is 5.32 Å². The van der Waals surface area contributed by atoms with Gasteiger partial charge in [0.2, 0.25) is 11.8 Å². The number of anilines is 2. The molecule has 4 aliphatic carbocycles. The number of amides is 2. The molecule has 5 nitrogen and oxygen atoms in total. The summed E-state index contributed by atoms with van der Waals surface area (Å²) in [7, 11) is 0. The molecule has 0 radical (unpaired) electrons. The number of rotatable bonds is 5. The quantitative estimate of drug-likeness (QED) is 0.709. The van der Waals surface area contributed by atoms with Gasteiger partial charge in [-0.3, -0.25) is 9.59 Å².